The Labute approximate surface area is 166 Å². The Morgan fingerprint density at radius 1 is 1.20 bits per heavy atom. The maximum atomic E-state index is 12.7. The van der Waals surface area contributed by atoms with E-state index in [9.17, 15) is 32.9 Å². The molecule has 0 aliphatic carbocycles. The van der Waals surface area contributed by atoms with Crippen LogP contribution in [0.2, 0.25) is 0 Å². The number of benzene rings is 1. The fourth-order valence-corrected chi connectivity index (χ4v) is 2.66. The largest absolute Gasteiger partial charge is 0.416 e. The fourth-order valence-electron chi connectivity index (χ4n) is 2.66. The predicted octanol–water partition coefficient (Wildman–Crippen LogP) is 2.46. The summed E-state index contributed by atoms with van der Waals surface area (Å²) in [5.74, 6) is -0.700. The minimum atomic E-state index is -4.71. The van der Waals surface area contributed by atoms with Crippen molar-refractivity contribution in [2.75, 3.05) is 18.4 Å². The number of nitrogens with zero attached hydrogens (tertiary/aromatic N) is 3. The zero-order chi connectivity index (χ0) is 21.9. The summed E-state index contributed by atoms with van der Waals surface area (Å²) >= 11 is 0. The van der Waals surface area contributed by atoms with Crippen LogP contribution in [0.25, 0.3) is 5.65 Å². The van der Waals surface area contributed by atoms with E-state index in [1.165, 1.54) is 10.6 Å². The molecule has 0 aliphatic heterocycles. The highest BCUT2D eigenvalue weighted by Crippen LogP contribution is 2.34. The Morgan fingerprint density at radius 2 is 1.97 bits per heavy atom. The first-order valence-corrected chi connectivity index (χ1v) is 8.52. The minimum absolute atomic E-state index is 0.0275. The molecule has 0 bridgehead atoms. The number of carbonyl (C=O) groups is 1. The van der Waals surface area contributed by atoms with Gasteiger partial charge < -0.3 is 10.6 Å². The van der Waals surface area contributed by atoms with Crippen LogP contribution in [0.3, 0.4) is 0 Å². The smallest absolute Gasteiger partial charge is 0.378 e. The van der Waals surface area contributed by atoms with Crippen molar-refractivity contribution in [3.8, 4) is 0 Å². The number of nitro groups is 1. The van der Waals surface area contributed by atoms with Crippen molar-refractivity contribution in [1.29, 1.82) is 0 Å². The van der Waals surface area contributed by atoms with Gasteiger partial charge in [0.15, 0.2) is 0 Å². The van der Waals surface area contributed by atoms with Crippen LogP contribution in [0.1, 0.15) is 15.9 Å². The summed E-state index contributed by atoms with van der Waals surface area (Å²) in [6, 6.07) is 7.00. The summed E-state index contributed by atoms with van der Waals surface area (Å²) < 4.78 is 39.4. The van der Waals surface area contributed by atoms with Gasteiger partial charge in [-0.15, -0.1) is 0 Å². The van der Waals surface area contributed by atoms with Gasteiger partial charge >= 0.3 is 6.18 Å². The molecule has 0 radical (unpaired) electrons. The molecule has 2 N–H and O–H groups in total. The van der Waals surface area contributed by atoms with Crippen LogP contribution in [-0.2, 0) is 6.18 Å². The third kappa shape index (κ3) is 4.37. The SMILES string of the molecule is O=C(NCCNc1ccc(C(F)(F)F)cc1[N+](=O)[O-])c1cnc2ccccn2c1=O. The third-order valence-corrected chi connectivity index (χ3v) is 4.11. The average Bonchev–Trinajstić information content (AvgIpc) is 2.70. The van der Waals surface area contributed by atoms with Crippen molar-refractivity contribution in [3.63, 3.8) is 0 Å². The zero-order valence-electron chi connectivity index (χ0n) is 15.1. The lowest BCUT2D eigenvalue weighted by Gasteiger charge is -2.11. The molecular weight excluding hydrogens is 407 g/mol. The Bertz CT molecular complexity index is 1180. The quantitative estimate of drug-likeness (QED) is 0.359. The normalized spacial score (nSPS) is 11.3. The number of alkyl halides is 3. The van der Waals surface area contributed by atoms with E-state index in [1.807, 2.05) is 0 Å². The summed E-state index contributed by atoms with van der Waals surface area (Å²) in [4.78, 5) is 38.7. The number of amides is 1. The standard InChI is InChI=1S/C18H14F3N5O4/c19-18(20,21)11-4-5-13(14(9-11)26(29)30)22-6-7-23-16(27)12-10-24-15-3-1-2-8-25(15)17(12)28/h1-5,8-10,22H,6-7H2,(H,23,27). The molecule has 1 amide bonds. The average molecular weight is 421 g/mol. The molecule has 0 fully saturated rings. The first kappa shape index (κ1) is 20.8. The molecule has 0 atom stereocenters. The van der Waals surface area contributed by atoms with Gasteiger partial charge in [0.25, 0.3) is 17.2 Å². The van der Waals surface area contributed by atoms with Crippen molar-refractivity contribution >= 4 is 22.9 Å². The van der Waals surface area contributed by atoms with Crippen LogP contribution in [-0.4, -0.2) is 33.3 Å². The van der Waals surface area contributed by atoms with E-state index in [2.05, 4.69) is 15.6 Å². The molecule has 30 heavy (non-hydrogen) atoms. The Morgan fingerprint density at radius 3 is 2.67 bits per heavy atom. The number of nitrogens with one attached hydrogen (secondary N) is 2. The molecule has 2 heterocycles. The first-order chi connectivity index (χ1) is 14.2. The Kier molecular flexibility index (Phi) is 5.67. The van der Waals surface area contributed by atoms with Crippen molar-refractivity contribution in [2.45, 2.75) is 6.18 Å². The van der Waals surface area contributed by atoms with E-state index in [1.54, 1.807) is 18.2 Å². The van der Waals surface area contributed by atoms with Gasteiger partial charge in [-0.2, -0.15) is 13.2 Å². The van der Waals surface area contributed by atoms with Crippen molar-refractivity contribution in [1.82, 2.24) is 14.7 Å². The number of aromatic nitrogens is 2. The number of halogens is 3. The molecule has 12 heteroatoms. The summed E-state index contributed by atoms with van der Waals surface area (Å²) in [5, 5.41) is 16.1. The lowest BCUT2D eigenvalue weighted by atomic mass is 10.1. The number of carbonyl (C=O) groups excluding carboxylic acids is 1. The fraction of sp³-hybridized carbons (Fsp3) is 0.167. The summed E-state index contributed by atoms with van der Waals surface area (Å²) in [7, 11) is 0. The predicted molar refractivity (Wildman–Crippen MR) is 100 cm³/mol. The van der Waals surface area contributed by atoms with Gasteiger partial charge in [-0.3, -0.25) is 24.1 Å². The first-order valence-electron chi connectivity index (χ1n) is 8.52. The highest BCUT2D eigenvalue weighted by Gasteiger charge is 2.33. The molecule has 1 aromatic carbocycles. The van der Waals surface area contributed by atoms with Crippen molar-refractivity contribution < 1.29 is 22.9 Å². The number of nitro benzene ring substituents is 1. The van der Waals surface area contributed by atoms with E-state index in [4.69, 9.17) is 0 Å². The van der Waals surface area contributed by atoms with Crippen LogP contribution in [0.4, 0.5) is 24.5 Å². The van der Waals surface area contributed by atoms with Crippen LogP contribution in [0, 0.1) is 10.1 Å². The lowest BCUT2D eigenvalue weighted by molar-refractivity contribution is -0.384. The number of pyridine rings is 1. The van der Waals surface area contributed by atoms with E-state index >= 15 is 0 Å². The number of anilines is 1. The highest BCUT2D eigenvalue weighted by molar-refractivity contribution is 5.93. The van der Waals surface area contributed by atoms with Crippen LogP contribution in [0.15, 0.2) is 53.6 Å². The molecular formula is C18H14F3N5O4. The lowest BCUT2D eigenvalue weighted by Crippen LogP contribution is -2.34. The third-order valence-electron chi connectivity index (χ3n) is 4.11. The van der Waals surface area contributed by atoms with Crippen molar-refractivity contribution in [2.24, 2.45) is 0 Å². The van der Waals surface area contributed by atoms with E-state index in [-0.39, 0.29) is 24.3 Å². The Balaban J connectivity index is 1.65. The summed E-state index contributed by atoms with van der Waals surface area (Å²) in [6.07, 6.45) is -2.10. The zero-order valence-corrected chi connectivity index (χ0v) is 15.1. The summed E-state index contributed by atoms with van der Waals surface area (Å²) in [5.41, 5.74) is -2.40. The number of fused-ring (bicyclic) bond motifs is 1. The van der Waals surface area contributed by atoms with E-state index < -0.39 is 33.8 Å². The van der Waals surface area contributed by atoms with E-state index in [0.29, 0.717) is 11.7 Å². The monoisotopic (exact) mass is 421 g/mol. The highest BCUT2D eigenvalue weighted by atomic mass is 19.4. The number of rotatable bonds is 6. The Hall–Kier alpha value is -3.96. The van der Waals surface area contributed by atoms with Gasteiger partial charge in [-0.05, 0) is 24.3 Å². The number of hydrogen-bond acceptors (Lipinski definition) is 6. The van der Waals surface area contributed by atoms with Crippen LogP contribution < -0.4 is 16.2 Å². The topological polar surface area (TPSA) is 119 Å². The second-order valence-corrected chi connectivity index (χ2v) is 6.08. The number of hydrogen-bond donors (Lipinski definition) is 2. The van der Waals surface area contributed by atoms with Gasteiger partial charge in [0, 0.05) is 31.5 Å². The molecule has 9 nitrogen and oxygen atoms in total. The van der Waals surface area contributed by atoms with E-state index in [0.717, 1.165) is 18.3 Å². The van der Waals surface area contributed by atoms with Gasteiger partial charge in [-0.1, -0.05) is 6.07 Å². The molecule has 0 saturated heterocycles. The van der Waals surface area contributed by atoms with Gasteiger partial charge in [0.2, 0.25) is 0 Å². The molecule has 2 aromatic heterocycles. The second-order valence-electron chi connectivity index (χ2n) is 6.08. The molecule has 156 valence electrons. The molecule has 3 aromatic rings. The molecule has 0 aliphatic rings. The molecule has 0 unspecified atom stereocenters. The van der Waals surface area contributed by atoms with Gasteiger partial charge in [-0.25, -0.2) is 4.98 Å². The minimum Gasteiger partial charge on any atom is -0.378 e. The van der Waals surface area contributed by atoms with Crippen LogP contribution in [0.5, 0.6) is 0 Å². The van der Waals surface area contributed by atoms with Gasteiger partial charge in [0.05, 0.1) is 10.5 Å². The van der Waals surface area contributed by atoms with Crippen LogP contribution >= 0.6 is 0 Å². The summed E-state index contributed by atoms with van der Waals surface area (Å²) in [6.45, 7) is -0.0752. The molecule has 0 spiro atoms. The molecule has 3 rings (SSSR count). The molecule has 0 saturated carbocycles. The maximum absolute atomic E-state index is 12.7. The van der Waals surface area contributed by atoms with Crippen molar-refractivity contribution in [3.05, 3.63) is 80.4 Å². The maximum Gasteiger partial charge on any atom is 0.416 e. The van der Waals surface area contributed by atoms with Gasteiger partial charge in [0.1, 0.15) is 16.9 Å². The second kappa shape index (κ2) is 8.19.